The van der Waals surface area contributed by atoms with E-state index < -0.39 is 5.92 Å². The summed E-state index contributed by atoms with van der Waals surface area (Å²) in [5.74, 6) is -1.15. The van der Waals surface area contributed by atoms with Gasteiger partial charge in [0.1, 0.15) is 6.54 Å². The number of nitrogens with zero attached hydrogens (tertiary/aromatic N) is 2. The van der Waals surface area contributed by atoms with Crippen LogP contribution < -0.4 is 10.6 Å². The second kappa shape index (κ2) is 8.29. The van der Waals surface area contributed by atoms with E-state index in [4.69, 9.17) is 5.26 Å². The van der Waals surface area contributed by atoms with Gasteiger partial charge in [0.05, 0.1) is 12.0 Å². The molecule has 0 spiro atoms. The van der Waals surface area contributed by atoms with E-state index >= 15 is 0 Å². The van der Waals surface area contributed by atoms with Crippen LogP contribution in [0.3, 0.4) is 0 Å². The lowest BCUT2D eigenvalue weighted by Gasteiger charge is -2.17. The van der Waals surface area contributed by atoms with Crippen molar-refractivity contribution in [1.82, 2.24) is 15.6 Å². The van der Waals surface area contributed by atoms with E-state index in [1.54, 1.807) is 48.8 Å². The molecule has 0 saturated carbocycles. The Morgan fingerprint density at radius 3 is 2.43 bits per heavy atom. The second-order valence-electron chi connectivity index (χ2n) is 4.79. The fourth-order valence-electron chi connectivity index (χ4n) is 2.09. The number of carbonyl (C=O) groups is 2. The van der Waals surface area contributed by atoms with Gasteiger partial charge in [-0.25, -0.2) is 0 Å². The average Bonchev–Trinajstić information content (AvgIpc) is 2.61. The Morgan fingerprint density at radius 1 is 1.09 bits per heavy atom. The highest BCUT2D eigenvalue weighted by Crippen LogP contribution is 2.14. The van der Waals surface area contributed by atoms with E-state index in [-0.39, 0.29) is 24.9 Å². The number of pyridine rings is 1. The highest BCUT2D eigenvalue weighted by atomic mass is 16.2. The molecule has 0 aliphatic carbocycles. The molecule has 6 nitrogen and oxygen atoms in total. The van der Waals surface area contributed by atoms with Crippen molar-refractivity contribution in [2.75, 3.05) is 13.1 Å². The fraction of sp³-hybridized carbons (Fsp3) is 0.176. The summed E-state index contributed by atoms with van der Waals surface area (Å²) in [5, 5.41) is 13.9. The molecule has 0 aliphatic rings. The van der Waals surface area contributed by atoms with Crippen molar-refractivity contribution in [3.05, 3.63) is 66.0 Å². The van der Waals surface area contributed by atoms with E-state index in [0.717, 1.165) is 5.56 Å². The third kappa shape index (κ3) is 4.64. The van der Waals surface area contributed by atoms with Crippen LogP contribution in [-0.4, -0.2) is 29.9 Å². The van der Waals surface area contributed by atoms with Crippen molar-refractivity contribution in [3.63, 3.8) is 0 Å². The summed E-state index contributed by atoms with van der Waals surface area (Å²) in [5.41, 5.74) is 1.25. The molecule has 2 aromatic rings. The lowest BCUT2D eigenvalue weighted by molar-refractivity contribution is -0.122. The molecule has 1 aromatic heterocycles. The molecule has 1 atom stereocenters. The summed E-state index contributed by atoms with van der Waals surface area (Å²) >= 11 is 0. The number of nitriles is 1. The largest absolute Gasteiger partial charge is 0.351 e. The van der Waals surface area contributed by atoms with Crippen molar-refractivity contribution in [2.45, 2.75) is 5.92 Å². The molecule has 2 rings (SSSR count). The van der Waals surface area contributed by atoms with Crippen LogP contribution >= 0.6 is 0 Å². The maximum absolute atomic E-state index is 12.2. The zero-order valence-corrected chi connectivity index (χ0v) is 12.4. The first-order valence-corrected chi connectivity index (χ1v) is 7.10. The molecular formula is C17H16N4O2. The van der Waals surface area contributed by atoms with Gasteiger partial charge < -0.3 is 10.6 Å². The normalized spacial score (nSPS) is 11.1. The number of nitrogens with one attached hydrogen (secondary N) is 2. The minimum Gasteiger partial charge on any atom is -0.351 e. The first-order valence-electron chi connectivity index (χ1n) is 7.10. The maximum atomic E-state index is 12.2. The minimum absolute atomic E-state index is 0.0763. The van der Waals surface area contributed by atoms with Gasteiger partial charge in [0, 0.05) is 24.5 Å². The van der Waals surface area contributed by atoms with Crippen molar-refractivity contribution >= 4 is 11.8 Å². The van der Waals surface area contributed by atoms with E-state index in [2.05, 4.69) is 15.6 Å². The molecule has 1 aromatic carbocycles. The van der Waals surface area contributed by atoms with Gasteiger partial charge in [-0.1, -0.05) is 18.2 Å². The number of aromatic nitrogens is 1. The smallest absolute Gasteiger partial charge is 0.251 e. The predicted octanol–water partition coefficient (Wildman–Crippen LogP) is 1.23. The topological polar surface area (TPSA) is 94.9 Å². The lowest BCUT2D eigenvalue weighted by Crippen LogP contribution is -2.37. The zero-order chi connectivity index (χ0) is 16.5. The van der Waals surface area contributed by atoms with Gasteiger partial charge in [-0.3, -0.25) is 14.6 Å². The molecule has 2 N–H and O–H groups in total. The molecule has 0 aliphatic heterocycles. The van der Waals surface area contributed by atoms with Crippen molar-refractivity contribution in [3.8, 4) is 6.07 Å². The van der Waals surface area contributed by atoms with Crippen LogP contribution in [0.1, 0.15) is 21.8 Å². The number of benzene rings is 1. The lowest BCUT2D eigenvalue weighted by atomic mass is 9.99. The monoisotopic (exact) mass is 308 g/mol. The number of carbonyl (C=O) groups excluding carboxylic acids is 2. The molecule has 1 heterocycles. The van der Waals surface area contributed by atoms with Gasteiger partial charge in [-0.05, 0) is 29.8 Å². The Balaban J connectivity index is 2.07. The summed E-state index contributed by atoms with van der Waals surface area (Å²) in [6.45, 7) is 0.0576. The first kappa shape index (κ1) is 16.2. The Morgan fingerprint density at radius 2 is 1.78 bits per heavy atom. The van der Waals surface area contributed by atoms with Crippen LogP contribution in [0.25, 0.3) is 0 Å². The zero-order valence-electron chi connectivity index (χ0n) is 12.4. The molecule has 116 valence electrons. The van der Waals surface area contributed by atoms with Crippen LogP contribution in [0.5, 0.6) is 0 Å². The summed E-state index contributed by atoms with van der Waals surface area (Å²) in [7, 11) is 0. The quantitative estimate of drug-likeness (QED) is 0.785. The Bertz CT molecular complexity index is 696. The summed E-state index contributed by atoms with van der Waals surface area (Å²) in [6, 6.07) is 14.1. The van der Waals surface area contributed by atoms with Crippen LogP contribution in [0.15, 0.2) is 54.9 Å². The van der Waals surface area contributed by atoms with Gasteiger partial charge in [0.2, 0.25) is 5.91 Å². The standard InChI is InChI=1S/C17H16N4O2/c18-8-11-20-17(23)15(13-6-9-19-10-7-13)12-21-16(22)14-4-2-1-3-5-14/h1-7,9-10,15H,11-12H2,(H,20,23)(H,21,22). The van der Waals surface area contributed by atoms with Crippen LogP contribution in [0.4, 0.5) is 0 Å². The SMILES string of the molecule is N#CCNC(=O)C(CNC(=O)c1ccccc1)c1ccncc1. The van der Waals surface area contributed by atoms with Gasteiger partial charge in [0.15, 0.2) is 0 Å². The Hall–Kier alpha value is -3.20. The van der Waals surface area contributed by atoms with Crippen molar-refractivity contribution in [2.24, 2.45) is 0 Å². The van der Waals surface area contributed by atoms with E-state index in [9.17, 15) is 9.59 Å². The van der Waals surface area contributed by atoms with Gasteiger partial charge in [-0.2, -0.15) is 5.26 Å². The van der Waals surface area contributed by atoms with Gasteiger partial charge >= 0.3 is 0 Å². The number of amides is 2. The molecule has 1 unspecified atom stereocenters. The molecule has 2 amide bonds. The number of rotatable bonds is 6. The second-order valence-corrected chi connectivity index (χ2v) is 4.79. The van der Waals surface area contributed by atoms with E-state index in [1.807, 2.05) is 12.1 Å². The van der Waals surface area contributed by atoms with E-state index in [1.165, 1.54) is 0 Å². The van der Waals surface area contributed by atoms with Crippen LogP contribution in [0, 0.1) is 11.3 Å². The molecule has 6 heteroatoms. The van der Waals surface area contributed by atoms with Gasteiger partial charge in [-0.15, -0.1) is 0 Å². The van der Waals surface area contributed by atoms with E-state index in [0.29, 0.717) is 5.56 Å². The first-order chi connectivity index (χ1) is 11.2. The Kier molecular flexibility index (Phi) is 5.83. The highest BCUT2D eigenvalue weighted by molar-refractivity contribution is 5.94. The van der Waals surface area contributed by atoms with Crippen molar-refractivity contribution < 1.29 is 9.59 Å². The summed E-state index contributed by atoms with van der Waals surface area (Å²) in [4.78, 5) is 28.2. The molecule has 0 radical (unpaired) electrons. The van der Waals surface area contributed by atoms with Crippen LogP contribution in [0.2, 0.25) is 0 Å². The number of hydrogen-bond acceptors (Lipinski definition) is 4. The minimum atomic E-state index is -0.584. The maximum Gasteiger partial charge on any atom is 0.251 e. The summed E-state index contributed by atoms with van der Waals surface area (Å²) in [6.07, 6.45) is 3.16. The third-order valence-corrected chi connectivity index (χ3v) is 3.27. The molecule has 0 bridgehead atoms. The molecule has 0 fully saturated rings. The summed E-state index contributed by atoms with van der Waals surface area (Å²) < 4.78 is 0. The number of hydrogen-bond donors (Lipinski definition) is 2. The molecule has 0 saturated heterocycles. The fourth-order valence-corrected chi connectivity index (χ4v) is 2.09. The van der Waals surface area contributed by atoms with Crippen molar-refractivity contribution in [1.29, 1.82) is 5.26 Å². The Labute approximate surface area is 134 Å². The highest BCUT2D eigenvalue weighted by Gasteiger charge is 2.21. The molecular weight excluding hydrogens is 292 g/mol. The molecule has 23 heavy (non-hydrogen) atoms. The average molecular weight is 308 g/mol. The van der Waals surface area contributed by atoms with Crippen LogP contribution in [-0.2, 0) is 4.79 Å². The predicted molar refractivity (Wildman–Crippen MR) is 84.4 cm³/mol. The third-order valence-electron chi connectivity index (χ3n) is 3.27. The van der Waals surface area contributed by atoms with Gasteiger partial charge in [0.25, 0.3) is 5.91 Å².